The molecule has 5 nitrogen and oxygen atoms in total. The molecule has 0 saturated heterocycles. The zero-order valence-electron chi connectivity index (χ0n) is 15.9. The molecule has 2 aromatic carbocycles. The third kappa shape index (κ3) is 4.91. The summed E-state index contributed by atoms with van der Waals surface area (Å²) in [5.41, 5.74) is 4.63. The van der Waals surface area contributed by atoms with Gasteiger partial charge in [0.2, 0.25) is 5.95 Å². The maximum Gasteiger partial charge on any atom is 0.251 e. The van der Waals surface area contributed by atoms with Gasteiger partial charge in [-0.25, -0.2) is 9.97 Å². The first-order valence-electron chi connectivity index (χ1n) is 9.12. The number of aromatic nitrogens is 2. The van der Waals surface area contributed by atoms with Gasteiger partial charge in [0.25, 0.3) is 5.91 Å². The van der Waals surface area contributed by atoms with E-state index in [9.17, 15) is 4.79 Å². The Morgan fingerprint density at radius 1 is 1.04 bits per heavy atom. The molecule has 1 aromatic heterocycles. The largest absolute Gasteiger partial charge is 0.350 e. The third-order valence-corrected chi connectivity index (χ3v) is 4.37. The van der Waals surface area contributed by atoms with Crippen molar-refractivity contribution in [2.45, 2.75) is 33.2 Å². The molecule has 0 bridgehead atoms. The smallest absolute Gasteiger partial charge is 0.251 e. The van der Waals surface area contributed by atoms with E-state index >= 15 is 0 Å². The normalized spacial score (nSPS) is 11.7. The first-order valence-corrected chi connectivity index (χ1v) is 9.12. The first kappa shape index (κ1) is 18.6. The molecule has 3 aromatic rings. The average Bonchev–Trinajstić information content (AvgIpc) is 2.68. The van der Waals surface area contributed by atoms with E-state index in [1.54, 1.807) is 24.5 Å². The van der Waals surface area contributed by atoms with Crippen molar-refractivity contribution in [3.05, 3.63) is 72.1 Å². The highest BCUT2D eigenvalue weighted by Crippen LogP contribution is 2.20. The lowest BCUT2D eigenvalue weighted by atomic mass is 10.1. The molecule has 0 aliphatic carbocycles. The van der Waals surface area contributed by atoms with E-state index in [2.05, 4.69) is 39.7 Å². The van der Waals surface area contributed by atoms with Crippen LogP contribution < -0.4 is 10.6 Å². The highest BCUT2D eigenvalue weighted by Gasteiger charge is 2.09. The third-order valence-electron chi connectivity index (χ3n) is 4.37. The van der Waals surface area contributed by atoms with Gasteiger partial charge in [-0.15, -0.1) is 0 Å². The molecule has 0 spiro atoms. The molecule has 0 aliphatic rings. The molecule has 27 heavy (non-hydrogen) atoms. The Hall–Kier alpha value is -3.21. The number of amides is 1. The predicted octanol–water partition coefficient (Wildman–Crippen LogP) is 4.72. The number of anilines is 2. The van der Waals surface area contributed by atoms with Gasteiger partial charge in [-0.3, -0.25) is 4.79 Å². The number of aryl methyl sites for hydroxylation is 1. The summed E-state index contributed by atoms with van der Waals surface area (Å²) in [5, 5.41) is 6.12. The molecule has 1 amide bonds. The summed E-state index contributed by atoms with van der Waals surface area (Å²) >= 11 is 0. The summed E-state index contributed by atoms with van der Waals surface area (Å²) in [4.78, 5) is 21.1. The van der Waals surface area contributed by atoms with Gasteiger partial charge < -0.3 is 10.6 Å². The molecule has 0 fully saturated rings. The second-order valence-electron chi connectivity index (χ2n) is 6.65. The summed E-state index contributed by atoms with van der Waals surface area (Å²) in [6.07, 6.45) is 4.48. The van der Waals surface area contributed by atoms with Crippen LogP contribution in [0, 0.1) is 6.92 Å². The summed E-state index contributed by atoms with van der Waals surface area (Å²) in [6, 6.07) is 15.7. The molecule has 0 radical (unpaired) electrons. The fourth-order valence-electron chi connectivity index (χ4n) is 2.64. The number of nitrogens with zero attached hydrogens (tertiary/aromatic N) is 2. The Balaban J connectivity index is 1.72. The average molecular weight is 360 g/mol. The van der Waals surface area contributed by atoms with E-state index in [0.717, 1.165) is 23.2 Å². The van der Waals surface area contributed by atoms with Crippen molar-refractivity contribution in [1.29, 1.82) is 0 Å². The summed E-state index contributed by atoms with van der Waals surface area (Å²) in [5.74, 6) is 0.412. The van der Waals surface area contributed by atoms with Crippen molar-refractivity contribution in [3.8, 4) is 11.1 Å². The second-order valence-corrected chi connectivity index (χ2v) is 6.65. The minimum Gasteiger partial charge on any atom is -0.350 e. The molecule has 0 saturated carbocycles. The SMILES string of the molecule is CCC(C)NC(=O)c1cccc(Nc2ncc(-c3cccc(C)c3)cn2)c1. The Labute approximate surface area is 159 Å². The minimum absolute atomic E-state index is 0.0799. The van der Waals surface area contributed by atoms with Gasteiger partial charge in [0.1, 0.15) is 0 Å². The lowest BCUT2D eigenvalue weighted by Gasteiger charge is -2.12. The standard InChI is InChI=1S/C22H24N4O/c1-4-16(3)25-21(27)18-9-6-10-20(12-18)26-22-23-13-19(14-24-22)17-8-5-7-15(2)11-17/h5-14,16H,4H2,1-3H3,(H,25,27)(H,23,24,26). The van der Waals surface area contributed by atoms with Gasteiger partial charge in [-0.2, -0.15) is 0 Å². The lowest BCUT2D eigenvalue weighted by molar-refractivity contribution is 0.0939. The van der Waals surface area contributed by atoms with Crippen LogP contribution in [0.1, 0.15) is 36.2 Å². The van der Waals surface area contributed by atoms with Crippen LogP contribution in [0.4, 0.5) is 11.6 Å². The molecule has 138 valence electrons. The molecule has 5 heteroatoms. The quantitative estimate of drug-likeness (QED) is 0.667. The van der Waals surface area contributed by atoms with Crippen LogP contribution in [0.25, 0.3) is 11.1 Å². The van der Waals surface area contributed by atoms with E-state index in [1.165, 1.54) is 5.56 Å². The maximum atomic E-state index is 12.3. The minimum atomic E-state index is -0.0799. The number of carbonyl (C=O) groups excluding carboxylic acids is 1. The van der Waals surface area contributed by atoms with Crippen LogP contribution in [0.2, 0.25) is 0 Å². The first-order chi connectivity index (χ1) is 13.0. The molecule has 2 N–H and O–H groups in total. The topological polar surface area (TPSA) is 66.9 Å². The Bertz CT molecular complexity index is 922. The highest BCUT2D eigenvalue weighted by atomic mass is 16.1. The van der Waals surface area contributed by atoms with Crippen molar-refractivity contribution in [1.82, 2.24) is 15.3 Å². The van der Waals surface area contributed by atoms with Crippen LogP contribution in [-0.2, 0) is 0 Å². The number of hydrogen-bond donors (Lipinski definition) is 2. The predicted molar refractivity (Wildman–Crippen MR) is 109 cm³/mol. The number of nitrogens with one attached hydrogen (secondary N) is 2. The molecule has 3 rings (SSSR count). The molecular weight excluding hydrogens is 336 g/mol. The molecule has 1 unspecified atom stereocenters. The fourth-order valence-corrected chi connectivity index (χ4v) is 2.64. The Morgan fingerprint density at radius 3 is 2.48 bits per heavy atom. The van der Waals surface area contributed by atoms with Gasteiger partial charge in [-0.1, -0.05) is 42.8 Å². The van der Waals surface area contributed by atoms with Gasteiger partial charge in [0.05, 0.1) is 0 Å². The van der Waals surface area contributed by atoms with E-state index in [4.69, 9.17) is 0 Å². The molecule has 0 aliphatic heterocycles. The number of rotatable bonds is 6. The van der Waals surface area contributed by atoms with Crippen molar-refractivity contribution >= 4 is 17.5 Å². The van der Waals surface area contributed by atoms with Crippen molar-refractivity contribution in [2.75, 3.05) is 5.32 Å². The van der Waals surface area contributed by atoms with Crippen LogP contribution >= 0.6 is 0 Å². The second kappa shape index (κ2) is 8.45. The molecule has 1 atom stereocenters. The van der Waals surface area contributed by atoms with Crippen LogP contribution in [-0.4, -0.2) is 21.9 Å². The van der Waals surface area contributed by atoms with E-state index < -0.39 is 0 Å². The molecule has 1 heterocycles. The van der Waals surface area contributed by atoms with Crippen molar-refractivity contribution in [2.24, 2.45) is 0 Å². The highest BCUT2D eigenvalue weighted by molar-refractivity contribution is 5.95. The number of carbonyl (C=O) groups is 1. The zero-order valence-corrected chi connectivity index (χ0v) is 15.9. The van der Waals surface area contributed by atoms with Gasteiger partial charge >= 0.3 is 0 Å². The van der Waals surface area contributed by atoms with Gasteiger partial charge in [0, 0.05) is 35.2 Å². The number of hydrogen-bond acceptors (Lipinski definition) is 4. The van der Waals surface area contributed by atoms with Crippen molar-refractivity contribution in [3.63, 3.8) is 0 Å². The van der Waals surface area contributed by atoms with Gasteiger partial charge in [-0.05, 0) is 44.0 Å². The monoisotopic (exact) mass is 360 g/mol. The Morgan fingerprint density at radius 2 is 1.78 bits per heavy atom. The van der Waals surface area contributed by atoms with Crippen molar-refractivity contribution < 1.29 is 4.79 Å². The van der Waals surface area contributed by atoms with E-state index in [-0.39, 0.29) is 11.9 Å². The van der Waals surface area contributed by atoms with Crippen LogP contribution in [0.5, 0.6) is 0 Å². The fraction of sp³-hybridized carbons (Fsp3) is 0.227. The lowest BCUT2D eigenvalue weighted by Crippen LogP contribution is -2.31. The van der Waals surface area contributed by atoms with Crippen LogP contribution in [0.3, 0.4) is 0 Å². The summed E-state index contributed by atoms with van der Waals surface area (Å²) < 4.78 is 0. The van der Waals surface area contributed by atoms with E-state index in [1.807, 2.05) is 38.1 Å². The zero-order chi connectivity index (χ0) is 19.2. The number of benzene rings is 2. The maximum absolute atomic E-state index is 12.3. The van der Waals surface area contributed by atoms with E-state index in [0.29, 0.717) is 11.5 Å². The summed E-state index contributed by atoms with van der Waals surface area (Å²) in [6.45, 7) is 6.09. The van der Waals surface area contributed by atoms with Gasteiger partial charge in [0.15, 0.2) is 0 Å². The van der Waals surface area contributed by atoms with Crippen LogP contribution in [0.15, 0.2) is 60.9 Å². The molecular formula is C22H24N4O. The summed E-state index contributed by atoms with van der Waals surface area (Å²) in [7, 11) is 0. The Kier molecular flexibility index (Phi) is 5.81.